The van der Waals surface area contributed by atoms with Crippen LogP contribution in [0.1, 0.15) is 25.6 Å². The predicted octanol–water partition coefficient (Wildman–Crippen LogP) is 1.55. The highest BCUT2D eigenvalue weighted by molar-refractivity contribution is 5.87. The Morgan fingerprint density at radius 3 is 3.43 bits per heavy atom. The number of nitrogens with zero attached hydrogens (tertiary/aromatic N) is 5. The molecule has 1 saturated heterocycles. The second-order valence-electron chi connectivity index (χ2n) is 5.07. The van der Waals surface area contributed by atoms with E-state index >= 15 is 0 Å². The Morgan fingerprint density at radius 2 is 2.65 bits per heavy atom. The first-order valence-electron chi connectivity index (χ1n) is 11.4. The molecule has 0 bridgehead atoms. The SMILES string of the molecule is [2H]C([2H])([N+]#[C-])C(=O)N1CC[C@@]([2H])(C([2H])([2H])[2H])[C@@H](N(c2ncnc3[nH]ccc23)C([2H])([2H])[2H])C1. The first-order valence-corrected chi connectivity index (χ1v) is 6.89. The summed E-state index contributed by atoms with van der Waals surface area (Å²) in [5.74, 6) is -3.69. The molecule has 0 aliphatic carbocycles. The van der Waals surface area contributed by atoms with Gasteiger partial charge in [0, 0.05) is 35.9 Å². The van der Waals surface area contributed by atoms with Crippen molar-refractivity contribution in [2.75, 3.05) is 31.5 Å². The van der Waals surface area contributed by atoms with Gasteiger partial charge < -0.3 is 19.6 Å². The average molecular weight is 321 g/mol. The number of rotatable bonds is 3. The molecule has 1 fully saturated rings. The Hall–Kier alpha value is -2.62. The van der Waals surface area contributed by atoms with Gasteiger partial charge in [-0.1, -0.05) is 6.85 Å². The average Bonchev–Trinajstić information content (AvgIpc) is 3.17. The molecule has 2 aromatic rings. The van der Waals surface area contributed by atoms with E-state index in [4.69, 9.17) is 18.9 Å². The Kier molecular flexibility index (Phi) is 2.11. The van der Waals surface area contributed by atoms with Gasteiger partial charge in [-0.05, 0) is 18.4 Å². The molecular formula is C16H20N6O. The molecule has 2 aromatic heterocycles. The number of carbonyl (C=O) groups excluding carboxylic acids is 1. The Balaban J connectivity index is 2.18. The number of aromatic nitrogens is 3. The van der Waals surface area contributed by atoms with E-state index in [0.717, 1.165) is 16.1 Å². The van der Waals surface area contributed by atoms with Gasteiger partial charge in [-0.3, -0.25) is 4.79 Å². The summed E-state index contributed by atoms with van der Waals surface area (Å²) >= 11 is 0. The number of amides is 1. The number of carbonyl (C=O) groups is 1. The van der Waals surface area contributed by atoms with Crippen molar-refractivity contribution in [3.8, 4) is 0 Å². The number of piperidine rings is 1. The van der Waals surface area contributed by atoms with E-state index in [1.165, 1.54) is 12.3 Å². The standard InChI is InChI=1S/C16H20N6O/c1-11-5-7-22(14(23)8-17-2)9-13(11)21(3)16-12-4-6-18-15(12)19-10-20-16/h4,6,10-11,13H,5,7-9H2,1,3H3,(H,18,19,20)/t11-,13+/m1/s1/i1D3,3D3,8D2,11D. The molecule has 1 aliphatic rings. The molecule has 3 heterocycles. The summed E-state index contributed by atoms with van der Waals surface area (Å²) in [6.07, 6.45) is 2.14. The van der Waals surface area contributed by atoms with Crippen LogP contribution < -0.4 is 4.90 Å². The van der Waals surface area contributed by atoms with Crippen LogP contribution in [0.15, 0.2) is 18.6 Å². The third-order valence-electron chi connectivity index (χ3n) is 3.76. The third-order valence-corrected chi connectivity index (χ3v) is 3.76. The molecule has 120 valence electrons. The van der Waals surface area contributed by atoms with Crippen LogP contribution >= 0.6 is 0 Å². The number of aromatic amines is 1. The Morgan fingerprint density at radius 1 is 1.74 bits per heavy atom. The van der Waals surface area contributed by atoms with Crippen molar-refractivity contribution in [1.29, 1.82) is 0 Å². The number of likely N-dealkylation sites (tertiary alicyclic amines) is 1. The molecule has 1 amide bonds. The molecule has 7 nitrogen and oxygen atoms in total. The maximum atomic E-state index is 12.6. The fourth-order valence-electron chi connectivity index (χ4n) is 2.57. The van der Waals surface area contributed by atoms with Gasteiger partial charge in [0.25, 0.3) is 6.50 Å². The van der Waals surface area contributed by atoms with Crippen LogP contribution in [0.5, 0.6) is 0 Å². The highest BCUT2D eigenvalue weighted by Gasteiger charge is 2.33. The first kappa shape index (κ1) is 7.77. The zero-order valence-electron chi connectivity index (χ0n) is 21.1. The van der Waals surface area contributed by atoms with Crippen molar-refractivity contribution in [3.63, 3.8) is 0 Å². The molecule has 0 saturated carbocycles. The van der Waals surface area contributed by atoms with Crippen molar-refractivity contribution < 1.29 is 17.1 Å². The molecule has 7 heteroatoms. The molecule has 23 heavy (non-hydrogen) atoms. The van der Waals surface area contributed by atoms with E-state index in [0.29, 0.717) is 5.65 Å². The molecule has 0 spiro atoms. The molecule has 1 aliphatic heterocycles. The summed E-state index contributed by atoms with van der Waals surface area (Å²) < 4.78 is 72.1. The van der Waals surface area contributed by atoms with E-state index in [2.05, 4.69) is 19.8 Å². The zero-order chi connectivity index (χ0) is 24.1. The smallest absolute Gasteiger partial charge is 0.302 e. The van der Waals surface area contributed by atoms with E-state index in [9.17, 15) is 4.79 Å². The van der Waals surface area contributed by atoms with Gasteiger partial charge in [0.05, 0.1) is 11.4 Å². The fourth-order valence-corrected chi connectivity index (χ4v) is 2.57. The van der Waals surface area contributed by atoms with Gasteiger partial charge in [-0.15, -0.1) is 0 Å². The minimum Gasteiger partial charge on any atom is -0.354 e. The van der Waals surface area contributed by atoms with Crippen molar-refractivity contribution in [2.45, 2.75) is 19.3 Å². The third kappa shape index (κ3) is 2.84. The number of H-pyrrole nitrogens is 1. The number of hydrogen-bond donors (Lipinski definition) is 1. The van der Waals surface area contributed by atoms with Crippen LogP contribution in [-0.4, -0.2) is 58.4 Å². The van der Waals surface area contributed by atoms with Crippen LogP contribution in [0.25, 0.3) is 15.9 Å². The summed E-state index contributed by atoms with van der Waals surface area (Å²) in [4.78, 5) is 27.7. The fraction of sp³-hybridized carbons (Fsp3) is 0.500. The van der Waals surface area contributed by atoms with Gasteiger partial charge in [-0.2, -0.15) is 0 Å². The highest BCUT2D eigenvalue weighted by Crippen LogP contribution is 2.28. The van der Waals surface area contributed by atoms with Gasteiger partial charge in [0.15, 0.2) is 0 Å². The minimum absolute atomic E-state index is 0.149. The summed E-state index contributed by atoms with van der Waals surface area (Å²) in [7, 11) is 0. The lowest BCUT2D eigenvalue weighted by Gasteiger charge is -2.41. The topological polar surface area (TPSA) is 69.5 Å². The van der Waals surface area contributed by atoms with Crippen molar-refractivity contribution in [3.05, 3.63) is 30.0 Å². The predicted molar refractivity (Wildman–Crippen MR) is 87.9 cm³/mol. The Bertz CT molecular complexity index is 1060. The van der Waals surface area contributed by atoms with Crippen LogP contribution in [0.3, 0.4) is 0 Å². The van der Waals surface area contributed by atoms with Crippen LogP contribution in [0.2, 0.25) is 0 Å². The molecule has 0 unspecified atom stereocenters. The summed E-state index contributed by atoms with van der Waals surface area (Å²) in [6.45, 7) is -2.78. The lowest BCUT2D eigenvalue weighted by Crippen LogP contribution is -2.53. The van der Waals surface area contributed by atoms with E-state index in [1.807, 2.05) is 0 Å². The molecule has 0 radical (unpaired) electrons. The minimum atomic E-state index is -2.97. The Labute approximate surface area is 147 Å². The first-order chi connectivity index (χ1) is 14.6. The molecule has 0 aromatic carbocycles. The summed E-state index contributed by atoms with van der Waals surface area (Å²) in [5, 5.41) is 0.274. The van der Waals surface area contributed by atoms with Crippen LogP contribution in [0, 0.1) is 12.5 Å². The van der Waals surface area contributed by atoms with E-state index in [-0.39, 0.29) is 17.7 Å². The van der Waals surface area contributed by atoms with Crippen molar-refractivity contribution in [1.82, 2.24) is 19.9 Å². The molecular weight excluding hydrogens is 292 g/mol. The van der Waals surface area contributed by atoms with Gasteiger partial charge in [0.1, 0.15) is 20.5 Å². The summed E-state index contributed by atoms with van der Waals surface area (Å²) in [6, 6.07) is -0.108. The monoisotopic (exact) mass is 321 g/mol. The maximum Gasteiger partial charge on any atom is 0.302 e. The molecule has 2 atom stereocenters. The number of hydrogen-bond acceptors (Lipinski definition) is 4. The highest BCUT2D eigenvalue weighted by atomic mass is 16.2. The lowest BCUT2D eigenvalue weighted by molar-refractivity contribution is -0.130. The van der Waals surface area contributed by atoms with E-state index in [1.54, 1.807) is 0 Å². The molecule has 3 rings (SSSR count). The van der Waals surface area contributed by atoms with Crippen LogP contribution in [0.4, 0.5) is 5.82 Å². The second-order valence-corrected chi connectivity index (χ2v) is 5.07. The number of nitrogens with one attached hydrogen (secondary N) is 1. The van der Waals surface area contributed by atoms with Gasteiger partial charge in [0.2, 0.25) is 0 Å². The largest absolute Gasteiger partial charge is 0.354 e. The number of anilines is 1. The van der Waals surface area contributed by atoms with Crippen molar-refractivity contribution >= 4 is 22.8 Å². The second kappa shape index (κ2) is 6.24. The van der Waals surface area contributed by atoms with Gasteiger partial charge >= 0.3 is 5.91 Å². The van der Waals surface area contributed by atoms with E-state index < -0.39 is 51.1 Å². The van der Waals surface area contributed by atoms with Crippen molar-refractivity contribution in [2.24, 2.45) is 5.89 Å². The quantitative estimate of drug-likeness (QED) is 0.871. The maximum absolute atomic E-state index is 12.6. The number of likely N-dealkylation sites (N-methyl/N-ethyl adjacent to an activating group) is 1. The normalized spacial score (nSPS) is 31.9. The molecule has 1 N–H and O–H groups in total. The number of fused-ring (bicyclic) bond motifs is 1. The summed E-state index contributed by atoms with van der Waals surface area (Å²) in [5.41, 5.74) is 0.293. The lowest BCUT2D eigenvalue weighted by atomic mass is 9.92. The van der Waals surface area contributed by atoms with Gasteiger partial charge in [-0.25, -0.2) is 16.5 Å². The zero-order valence-corrected chi connectivity index (χ0v) is 12.1. The van der Waals surface area contributed by atoms with Crippen LogP contribution in [-0.2, 0) is 4.79 Å².